The lowest BCUT2D eigenvalue weighted by molar-refractivity contribution is 0.118. The van der Waals surface area contributed by atoms with Gasteiger partial charge in [0.05, 0.1) is 13.2 Å². The highest BCUT2D eigenvalue weighted by molar-refractivity contribution is 4.90. The normalized spacial score (nSPS) is 20.6. The summed E-state index contributed by atoms with van der Waals surface area (Å²) in [5, 5.41) is 3.47. The van der Waals surface area contributed by atoms with Gasteiger partial charge >= 0.3 is 0 Å². The van der Waals surface area contributed by atoms with Gasteiger partial charge in [0.15, 0.2) is 0 Å². The molecule has 1 unspecified atom stereocenters. The number of hydrogen-bond acceptors (Lipinski definition) is 3. The fourth-order valence-electron chi connectivity index (χ4n) is 1.84. The van der Waals surface area contributed by atoms with Gasteiger partial charge < -0.3 is 15.0 Å². The minimum atomic E-state index is 0.830. The molecular weight excluding hydrogens is 200 g/mol. The molecule has 0 radical (unpaired) electrons. The van der Waals surface area contributed by atoms with Crippen LogP contribution >= 0.6 is 0 Å². The largest absolute Gasteiger partial charge is 0.379 e. The average Bonchev–Trinajstić information content (AvgIpc) is 2.29. The van der Waals surface area contributed by atoms with E-state index in [1.165, 1.54) is 19.3 Å². The predicted octanol–water partition coefficient (Wildman–Crippen LogP) is 1.51. The molecule has 0 aromatic carbocycles. The molecule has 0 aromatic heterocycles. The zero-order valence-electron chi connectivity index (χ0n) is 10.7. The highest BCUT2D eigenvalue weighted by Crippen LogP contribution is 2.16. The Kier molecular flexibility index (Phi) is 7.47. The van der Waals surface area contributed by atoms with Crippen molar-refractivity contribution < 1.29 is 4.74 Å². The Balaban J connectivity index is 1.82. The molecule has 0 heterocycles. The quantitative estimate of drug-likeness (QED) is 0.501. The van der Waals surface area contributed by atoms with Crippen LogP contribution in [0.25, 0.3) is 0 Å². The van der Waals surface area contributed by atoms with E-state index in [4.69, 9.17) is 4.74 Å². The average molecular weight is 226 g/mol. The van der Waals surface area contributed by atoms with E-state index < -0.39 is 0 Å². The first-order valence-electron chi connectivity index (χ1n) is 6.37. The molecule has 16 heavy (non-hydrogen) atoms. The first-order valence-corrected chi connectivity index (χ1v) is 6.37. The molecule has 1 aliphatic carbocycles. The molecule has 1 atom stereocenters. The van der Waals surface area contributed by atoms with Gasteiger partial charge in [0.1, 0.15) is 0 Å². The fourth-order valence-corrected chi connectivity index (χ4v) is 1.84. The number of allylic oxidation sites excluding steroid dienone is 2. The first-order chi connectivity index (χ1) is 7.79. The number of likely N-dealkylation sites (N-methyl/N-ethyl adjacent to an activating group) is 1. The van der Waals surface area contributed by atoms with Gasteiger partial charge in [0, 0.05) is 13.1 Å². The molecule has 94 valence electrons. The molecule has 0 saturated carbocycles. The van der Waals surface area contributed by atoms with Crippen LogP contribution in [0.1, 0.15) is 19.3 Å². The molecule has 1 N–H and O–H groups in total. The van der Waals surface area contributed by atoms with Gasteiger partial charge in [-0.2, -0.15) is 0 Å². The van der Waals surface area contributed by atoms with Crippen LogP contribution in [0.5, 0.6) is 0 Å². The van der Waals surface area contributed by atoms with Crippen LogP contribution in [0, 0.1) is 5.92 Å². The lowest BCUT2D eigenvalue weighted by atomic mass is 9.94. The van der Waals surface area contributed by atoms with Crippen molar-refractivity contribution in [3.05, 3.63) is 12.2 Å². The number of nitrogens with zero attached hydrogens (tertiary/aromatic N) is 1. The van der Waals surface area contributed by atoms with Gasteiger partial charge in [-0.1, -0.05) is 12.2 Å². The van der Waals surface area contributed by atoms with E-state index in [2.05, 4.69) is 36.5 Å². The molecule has 0 fully saturated rings. The SMILES string of the molecule is CN(C)CCOCCNCC1CC=CCC1. The van der Waals surface area contributed by atoms with E-state index in [1.54, 1.807) is 0 Å². The topological polar surface area (TPSA) is 24.5 Å². The lowest BCUT2D eigenvalue weighted by Crippen LogP contribution is -2.27. The monoisotopic (exact) mass is 226 g/mol. The van der Waals surface area contributed by atoms with Crippen LogP contribution in [0.2, 0.25) is 0 Å². The predicted molar refractivity (Wildman–Crippen MR) is 68.7 cm³/mol. The number of rotatable bonds is 8. The van der Waals surface area contributed by atoms with Crippen LogP contribution in [0.4, 0.5) is 0 Å². The van der Waals surface area contributed by atoms with E-state index in [-0.39, 0.29) is 0 Å². The third-order valence-electron chi connectivity index (χ3n) is 2.92. The Morgan fingerprint density at radius 2 is 2.19 bits per heavy atom. The van der Waals surface area contributed by atoms with E-state index >= 15 is 0 Å². The number of ether oxygens (including phenoxy) is 1. The van der Waals surface area contributed by atoms with Crippen LogP contribution in [0.3, 0.4) is 0 Å². The molecule has 0 saturated heterocycles. The van der Waals surface area contributed by atoms with E-state index in [0.717, 1.165) is 38.8 Å². The van der Waals surface area contributed by atoms with Crippen molar-refractivity contribution in [3.63, 3.8) is 0 Å². The molecule has 0 bridgehead atoms. The second-order valence-corrected chi connectivity index (χ2v) is 4.77. The van der Waals surface area contributed by atoms with Crippen LogP contribution in [-0.2, 0) is 4.74 Å². The summed E-state index contributed by atoms with van der Waals surface area (Å²) in [7, 11) is 4.14. The molecule has 0 spiro atoms. The Bertz CT molecular complexity index is 192. The maximum Gasteiger partial charge on any atom is 0.0593 e. The van der Waals surface area contributed by atoms with Crippen molar-refractivity contribution in [2.24, 2.45) is 5.92 Å². The van der Waals surface area contributed by atoms with Crippen molar-refractivity contribution >= 4 is 0 Å². The van der Waals surface area contributed by atoms with Gasteiger partial charge in [-0.3, -0.25) is 0 Å². The van der Waals surface area contributed by atoms with Gasteiger partial charge in [-0.25, -0.2) is 0 Å². The third kappa shape index (κ3) is 6.99. The summed E-state index contributed by atoms with van der Waals surface area (Å²) in [6, 6.07) is 0. The third-order valence-corrected chi connectivity index (χ3v) is 2.92. The van der Waals surface area contributed by atoms with E-state index in [1.807, 2.05) is 0 Å². The van der Waals surface area contributed by atoms with Gasteiger partial charge in [-0.05, 0) is 45.8 Å². The summed E-state index contributed by atoms with van der Waals surface area (Å²) >= 11 is 0. The molecule has 0 aliphatic heterocycles. The van der Waals surface area contributed by atoms with Crippen LogP contribution < -0.4 is 5.32 Å². The van der Waals surface area contributed by atoms with Crippen molar-refractivity contribution in [1.29, 1.82) is 0 Å². The fraction of sp³-hybridized carbons (Fsp3) is 0.846. The second kappa shape index (κ2) is 8.74. The Morgan fingerprint density at radius 1 is 1.31 bits per heavy atom. The first kappa shape index (κ1) is 13.7. The van der Waals surface area contributed by atoms with Crippen molar-refractivity contribution in [3.8, 4) is 0 Å². The van der Waals surface area contributed by atoms with Crippen LogP contribution in [-0.4, -0.2) is 51.8 Å². The lowest BCUT2D eigenvalue weighted by Gasteiger charge is -2.18. The van der Waals surface area contributed by atoms with Gasteiger partial charge in [-0.15, -0.1) is 0 Å². The Labute approximate surface area is 99.8 Å². The summed E-state index contributed by atoms with van der Waals surface area (Å²) in [4.78, 5) is 2.14. The zero-order valence-corrected chi connectivity index (χ0v) is 10.7. The molecule has 0 aromatic rings. The molecule has 1 rings (SSSR count). The summed E-state index contributed by atoms with van der Waals surface area (Å²) in [6.45, 7) is 4.79. The van der Waals surface area contributed by atoms with E-state index in [9.17, 15) is 0 Å². The minimum Gasteiger partial charge on any atom is -0.379 e. The molecule has 3 nitrogen and oxygen atoms in total. The number of nitrogens with one attached hydrogen (secondary N) is 1. The summed E-state index contributed by atoms with van der Waals surface area (Å²) < 4.78 is 5.52. The number of hydrogen-bond donors (Lipinski definition) is 1. The van der Waals surface area contributed by atoms with Crippen molar-refractivity contribution in [2.45, 2.75) is 19.3 Å². The van der Waals surface area contributed by atoms with Gasteiger partial charge in [0.2, 0.25) is 0 Å². The molecule has 0 amide bonds. The smallest absolute Gasteiger partial charge is 0.0593 e. The maximum atomic E-state index is 5.52. The molecule has 3 heteroatoms. The second-order valence-electron chi connectivity index (χ2n) is 4.77. The van der Waals surface area contributed by atoms with Gasteiger partial charge in [0.25, 0.3) is 0 Å². The highest BCUT2D eigenvalue weighted by Gasteiger charge is 2.08. The maximum absolute atomic E-state index is 5.52. The molecule has 1 aliphatic rings. The van der Waals surface area contributed by atoms with Crippen molar-refractivity contribution in [2.75, 3.05) is 46.9 Å². The van der Waals surface area contributed by atoms with Crippen molar-refractivity contribution in [1.82, 2.24) is 10.2 Å². The Hall–Kier alpha value is -0.380. The van der Waals surface area contributed by atoms with Crippen LogP contribution in [0.15, 0.2) is 12.2 Å². The summed E-state index contributed by atoms with van der Waals surface area (Å²) in [6.07, 6.45) is 8.44. The summed E-state index contributed by atoms with van der Waals surface area (Å²) in [5.74, 6) is 0.840. The van der Waals surface area contributed by atoms with E-state index in [0.29, 0.717) is 0 Å². The highest BCUT2D eigenvalue weighted by atomic mass is 16.5. The summed E-state index contributed by atoms with van der Waals surface area (Å²) in [5.41, 5.74) is 0. The molecular formula is C13H26N2O. The standard InChI is InChI=1S/C13H26N2O/c1-15(2)9-11-16-10-8-14-12-13-6-4-3-5-7-13/h3-4,13-14H,5-12H2,1-2H3. The Morgan fingerprint density at radius 3 is 2.88 bits per heavy atom. The minimum absolute atomic E-state index is 0.830. The zero-order chi connectivity index (χ0) is 11.6.